The number of hydrogen-bond donors (Lipinski definition) is 1. The zero-order valence-electron chi connectivity index (χ0n) is 17.5. The molecule has 0 spiro atoms. The highest BCUT2D eigenvalue weighted by Gasteiger charge is 2.29. The predicted molar refractivity (Wildman–Crippen MR) is 121 cm³/mol. The Hall–Kier alpha value is -3.39. The number of carbonyl (C=O) groups is 2. The van der Waals surface area contributed by atoms with Gasteiger partial charge in [-0.05, 0) is 49.2 Å². The molecule has 7 nitrogen and oxygen atoms in total. The summed E-state index contributed by atoms with van der Waals surface area (Å²) in [7, 11) is 1.73. The van der Waals surface area contributed by atoms with Gasteiger partial charge in [0.1, 0.15) is 11.5 Å². The molecule has 1 atom stereocenters. The van der Waals surface area contributed by atoms with Gasteiger partial charge in [0.15, 0.2) is 17.8 Å². The lowest BCUT2D eigenvalue weighted by atomic mass is 10.1. The Bertz CT molecular complexity index is 1130. The monoisotopic (exact) mass is 437 g/mol. The fourth-order valence-electron chi connectivity index (χ4n) is 3.29. The van der Waals surface area contributed by atoms with Crippen molar-refractivity contribution < 1.29 is 19.1 Å². The molecular weight excluding hydrogens is 414 g/mol. The van der Waals surface area contributed by atoms with Crippen LogP contribution in [0.3, 0.4) is 0 Å². The first kappa shape index (κ1) is 20.9. The number of carbonyl (C=O) groups excluding carboxylic acids is 2. The number of hydrogen-bond acceptors (Lipinski definition) is 6. The first-order chi connectivity index (χ1) is 14.9. The molecule has 2 amide bonds. The Morgan fingerprint density at radius 1 is 1.29 bits per heavy atom. The van der Waals surface area contributed by atoms with Crippen LogP contribution in [0.15, 0.2) is 47.8 Å². The van der Waals surface area contributed by atoms with Crippen LogP contribution in [-0.4, -0.2) is 36.6 Å². The Morgan fingerprint density at radius 3 is 2.94 bits per heavy atom. The predicted octanol–water partition coefficient (Wildman–Crippen LogP) is 4.13. The number of likely N-dealkylation sites (N-methyl/N-ethyl adjacent to an activating group) is 1. The maximum atomic E-state index is 12.3. The molecule has 1 aliphatic rings. The minimum absolute atomic E-state index is 0.0939. The van der Waals surface area contributed by atoms with Gasteiger partial charge in [0, 0.05) is 18.0 Å². The molecule has 0 saturated carbocycles. The first-order valence-corrected chi connectivity index (χ1v) is 10.9. The van der Waals surface area contributed by atoms with E-state index in [0.717, 1.165) is 17.5 Å². The normalized spacial score (nSPS) is 15.3. The summed E-state index contributed by atoms with van der Waals surface area (Å²) in [5.74, 6) is 0.950. The van der Waals surface area contributed by atoms with Gasteiger partial charge >= 0.3 is 0 Å². The smallest absolute Gasteiger partial charge is 0.267 e. The second-order valence-corrected chi connectivity index (χ2v) is 8.07. The maximum absolute atomic E-state index is 12.3. The number of anilines is 2. The second kappa shape index (κ2) is 8.77. The van der Waals surface area contributed by atoms with Crippen molar-refractivity contribution in [1.82, 2.24) is 4.98 Å². The van der Waals surface area contributed by atoms with Crippen LogP contribution in [0.5, 0.6) is 11.5 Å². The fraction of sp³-hybridized carbons (Fsp3) is 0.261. The van der Waals surface area contributed by atoms with E-state index in [9.17, 15) is 9.59 Å². The van der Waals surface area contributed by atoms with Gasteiger partial charge in [-0.3, -0.25) is 14.9 Å². The topological polar surface area (TPSA) is 80.8 Å². The third-order valence-corrected chi connectivity index (χ3v) is 5.78. The molecule has 3 aromatic rings. The molecule has 160 valence electrons. The van der Waals surface area contributed by atoms with E-state index in [4.69, 9.17) is 9.47 Å². The molecule has 8 heteroatoms. The molecule has 1 N–H and O–H groups in total. The van der Waals surface area contributed by atoms with Crippen LogP contribution >= 0.6 is 11.3 Å². The van der Waals surface area contributed by atoms with Crippen molar-refractivity contribution in [2.24, 2.45) is 0 Å². The average Bonchev–Trinajstić information content (AvgIpc) is 3.24. The van der Waals surface area contributed by atoms with Crippen LogP contribution in [0.1, 0.15) is 19.4 Å². The van der Waals surface area contributed by atoms with Gasteiger partial charge in [-0.15, -0.1) is 11.3 Å². The number of nitrogens with one attached hydrogen (secondary N) is 1. The highest BCUT2D eigenvalue weighted by atomic mass is 32.1. The quantitative estimate of drug-likeness (QED) is 0.627. The van der Waals surface area contributed by atoms with Gasteiger partial charge < -0.3 is 14.4 Å². The molecule has 1 aliphatic heterocycles. The Balaban J connectivity index is 1.41. The maximum Gasteiger partial charge on any atom is 0.267 e. The van der Waals surface area contributed by atoms with E-state index in [0.29, 0.717) is 28.0 Å². The van der Waals surface area contributed by atoms with E-state index < -0.39 is 6.10 Å². The minimum Gasteiger partial charge on any atom is -0.484 e. The fourth-order valence-corrected chi connectivity index (χ4v) is 4.03. The summed E-state index contributed by atoms with van der Waals surface area (Å²) in [5.41, 5.74) is 3.39. The van der Waals surface area contributed by atoms with Crippen LogP contribution in [0.4, 0.5) is 10.8 Å². The second-order valence-electron chi connectivity index (χ2n) is 7.22. The third-order valence-electron chi connectivity index (χ3n) is 5.03. The molecule has 1 unspecified atom stereocenters. The van der Waals surface area contributed by atoms with Crippen molar-refractivity contribution in [3.05, 3.63) is 53.4 Å². The van der Waals surface area contributed by atoms with Crippen molar-refractivity contribution in [3.63, 3.8) is 0 Å². The first-order valence-electron chi connectivity index (χ1n) is 10.0. The van der Waals surface area contributed by atoms with Crippen LogP contribution < -0.4 is 19.7 Å². The van der Waals surface area contributed by atoms with Crippen molar-refractivity contribution in [3.8, 4) is 22.8 Å². The molecule has 0 aliphatic carbocycles. The van der Waals surface area contributed by atoms with Crippen molar-refractivity contribution in [2.75, 3.05) is 23.9 Å². The third kappa shape index (κ3) is 4.54. The molecule has 2 aromatic carbocycles. The number of rotatable bonds is 6. The lowest BCUT2D eigenvalue weighted by molar-refractivity contribution is -0.125. The summed E-state index contributed by atoms with van der Waals surface area (Å²) >= 11 is 1.33. The minimum atomic E-state index is -0.504. The number of ether oxygens (including phenoxy) is 2. The van der Waals surface area contributed by atoms with E-state index >= 15 is 0 Å². The number of nitrogens with zero attached hydrogens (tertiary/aromatic N) is 2. The lowest BCUT2D eigenvalue weighted by Crippen LogP contribution is -2.41. The number of amides is 2. The van der Waals surface area contributed by atoms with Gasteiger partial charge in [0.2, 0.25) is 0 Å². The standard InChI is InChI=1S/C23H23N3O4S/c1-4-15-6-5-7-17(10-15)29-12-21(27)25-23-24-18(13-31-23)16-8-9-20-19(11-16)26(3)22(28)14(2)30-20/h5-11,13-14H,4,12H2,1-3H3,(H,24,25,27). The van der Waals surface area contributed by atoms with Gasteiger partial charge in [-0.2, -0.15) is 0 Å². The molecule has 0 bridgehead atoms. The largest absolute Gasteiger partial charge is 0.484 e. The Labute approximate surface area is 184 Å². The van der Waals surface area contributed by atoms with Gasteiger partial charge in [-0.1, -0.05) is 19.1 Å². The number of thiazole rings is 1. The van der Waals surface area contributed by atoms with Crippen LogP contribution in [-0.2, 0) is 16.0 Å². The molecule has 0 fully saturated rings. The van der Waals surface area contributed by atoms with Crippen LogP contribution in [0.25, 0.3) is 11.3 Å². The highest BCUT2D eigenvalue weighted by Crippen LogP contribution is 2.37. The summed E-state index contributed by atoms with van der Waals surface area (Å²) < 4.78 is 11.2. The Morgan fingerprint density at radius 2 is 2.13 bits per heavy atom. The van der Waals surface area contributed by atoms with Crippen LogP contribution in [0, 0.1) is 0 Å². The summed E-state index contributed by atoms with van der Waals surface area (Å²) in [5, 5.41) is 5.11. The van der Waals surface area contributed by atoms with Gasteiger partial charge in [-0.25, -0.2) is 4.98 Å². The van der Waals surface area contributed by atoms with Crippen molar-refractivity contribution >= 4 is 34.0 Å². The SMILES string of the molecule is CCc1cccc(OCC(=O)Nc2nc(-c3ccc4c(c3)N(C)C(=O)C(C)O4)cs2)c1. The average molecular weight is 438 g/mol. The molecule has 4 rings (SSSR count). The van der Waals surface area contributed by atoms with E-state index in [1.165, 1.54) is 11.3 Å². The number of benzene rings is 2. The van der Waals surface area contributed by atoms with E-state index in [2.05, 4.69) is 17.2 Å². The van der Waals surface area contributed by atoms with Gasteiger partial charge in [0.05, 0.1) is 11.4 Å². The van der Waals surface area contributed by atoms with E-state index in [1.54, 1.807) is 18.9 Å². The number of aryl methyl sites for hydroxylation is 1. The molecule has 2 heterocycles. The summed E-state index contributed by atoms with van der Waals surface area (Å²) in [6.45, 7) is 3.70. The molecule has 31 heavy (non-hydrogen) atoms. The van der Waals surface area contributed by atoms with Crippen molar-refractivity contribution in [2.45, 2.75) is 26.4 Å². The molecule has 1 aromatic heterocycles. The van der Waals surface area contributed by atoms with E-state index in [1.807, 2.05) is 47.8 Å². The summed E-state index contributed by atoms with van der Waals surface area (Å²) in [4.78, 5) is 30.5. The van der Waals surface area contributed by atoms with E-state index in [-0.39, 0.29) is 18.4 Å². The zero-order chi connectivity index (χ0) is 22.0. The van der Waals surface area contributed by atoms with Gasteiger partial charge in [0.25, 0.3) is 11.8 Å². The lowest BCUT2D eigenvalue weighted by Gasteiger charge is -2.30. The Kier molecular flexibility index (Phi) is 5.90. The summed E-state index contributed by atoms with van der Waals surface area (Å²) in [6.07, 6.45) is 0.402. The zero-order valence-corrected chi connectivity index (χ0v) is 18.4. The molecule has 0 saturated heterocycles. The van der Waals surface area contributed by atoms with Crippen molar-refractivity contribution in [1.29, 1.82) is 0 Å². The summed E-state index contributed by atoms with van der Waals surface area (Å²) in [6, 6.07) is 13.3. The number of fused-ring (bicyclic) bond motifs is 1. The molecule has 0 radical (unpaired) electrons. The highest BCUT2D eigenvalue weighted by molar-refractivity contribution is 7.14. The van der Waals surface area contributed by atoms with Crippen LogP contribution in [0.2, 0.25) is 0 Å². The molecular formula is C23H23N3O4S. The number of aromatic nitrogens is 1.